The minimum atomic E-state index is -2.87. The topological polar surface area (TPSA) is 33.3 Å². The van der Waals surface area contributed by atoms with E-state index in [1.807, 2.05) is 0 Å². The summed E-state index contributed by atoms with van der Waals surface area (Å²) in [6, 6.07) is 49.3. The van der Waals surface area contributed by atoms with Crippen molar-refractivity contribution in [3.63, 3.8) is 0 Å². The van der Waals surface area contributed by atoms with Crippen LogP contribution < -0.4 is 31.6 Å². The standard InChI is InChI=1S/C40H44FN2OPSSi/c1-31(44-47(40(2,3)4,36-22-14-8-15-23-36)37-24-16-9-17-25-37)38(43-39(46)42-33-28-26-32(41)27-29-33)30-45(5,34-18-10-6-11-19-34)35-20-12-7-13-21-35/h6-29,31,38H,30H2,1-5H3,(H-,42,43,46)/p+1/t31-,38-/m1/s1. The van der Waals surface area contributed by atoms with Crippen LogP contribution in [0.25, 0.3) is 0 Å². The number of hydrogen-bond acceptors (Lipinski definition) is 2. The summed E-state index contributed by atoms with van der Waals surface area (Å²) in [5.41, 5.74) is 0.729. The molecule has 242 valence electrons. The van der Waals surface area contributed by atoms with E-state index in [0.717, 1.165) is 11.8 Å². The van der Waals surface area contributed by atoms with Crippen LogP contribution in [0.15, 0.2) is 146 Å². The summed E-state index contributed by atoms with van der Waals surface area (Å²) in [6.07, 6.45) is 0.576. The van der Waals surface area contributed by atoms with Crippen LogP contribution in [0.1, 0.15) is 27.7 Å². The van der Waals surface area contributed by atoms with Crippen LogP contribution in [0.4, 0.5) is 10.1 Å². The van der Waals surface area contributed by atoms with Gasteiger partial charge in [0.1, 0.15) is 5.82 Å². The number of hydrogen-bond donors (Lipinski definition) is 2. The fourth-order valence-electron chi connectivity index (χ4n) is 6.50. The van der Waals surface area contributed by atoms with Gasteiger partial charge in [0.05, 0.1) is 42.8 Å². The van der Waals surface area contributed by atoms with E-state index in [-0.39, 0.29) is 23.0 Å². The summed E-state index contributed by atoms with van der Waals surface area (Å²) in [5, 5.41) is 12.4. The zero-order chi connectivity index (χ0) is 33.5. The molecule has 0 bridgehead atoms. The highest BCUT2D eigenvalue weighted by Gasteiger charge is 2.52. The molecule has 5 aromatic rings. The highest BCUT2D eigenvalue weighted by Crippen LogP contribution is 2.53. The SMILES string of the molecule is C[C@@H](O[Si](c1ccccc1)(c1ccccc1)C(C)(C)C)[C@@H](C[P+](C)(c1ccccc1)c1ccccc1)NC(=S)Nc1ccc(F)cc1. The molecule has 0 aliphatic carbocycles. The van der Waals surface area contributed by atoms with Gasteiger partial charge in [0.2, 0.25) is 0 Å². The predicted molar refractivity (Wildman–Crippen MR) is 208 cm³/mol. The maximum absolute atomic E-state index is 13.7. The molecule has 0 saturated carbocycles. The van der Waals surface area contributed by atoms with Crippen LogP contribution in [0, 0.1) is 5.82 Å². The lowest BCUT2D eigenvalue weighted by molar-refractivity contribution is 0.176. The number of halogens is 1. The Morgan fingerprint density at radius 3 is 1.57 bits per heavy atom. The average Bonchev–Trinajstić information content (AvgIpc) is 3.08. The fourth-order valence-corrected chi connectivity index (χ4v) is 15.1. The Hall–Kier alpha value is -3.67. The number of thiocarbonyl (C=S) groups is 1. The predicted octanol–water partition coefficient (Wildman–Crippen LogP) is 7.74. The average molecular weight is 680 g/mol. The Morgan fingerprint density at radius 1 is 0.723 bits per heavy atom. The van der Waals surface area contributed by atoms with Gasteiger partial charge in [-0.1, -0.05) is 118 Å². The van der Waals surface area contributed by atoms with Crippen molar-refractivity contribution in [2.45, 2.75) is 44.9 Å². The summed E-state index contributed by atoms with van der Waals surface area (Å²) in [4.78, 5) is 0. The van der Waals surface area contributed by atoms with Crippen molar-refractivity contribution in [2.24, 2.45) is 0 Å². The third kappa shape index (κ3) is 7.90. The minimum Gasteiger partial charge on any atom is -0.403 e. The molecule has 0 unspecified atom stereocenters. The minimum absolute atomic E-state index is 0.157. The molecule has 0 radical (unpaired) electrons. The highest BCUT2D eigenvalue weighted by molar-refractivity contribution is 7.89. The second-order valence-electron chi connectivity index (χ2n) is 13.2. The molecule has 2 N–H and O–H groups in total. The quantitative estimate of drug-likeness (QED) is 0.0851. The van der Waals surface area contributed by atoms with Gasteiger partial charge in [0, 0.05) is 5.69 Å². The van der Waals surface area contributed by atoms with Crippen LogP contribution in [0.3, 0.4) is 0 Å². The Labute approximate surface area is 287 Å². The molecule has 0 aliphatic heterocycles. The van der Waals surface area contributed by atoms with Crippen molar-refractivity contribution >= 4 is 59.6 Å². The van der Waals surface area contributed by atoms with Crippen molar-refractivity contribution in [3.8, 4) is 0 Å². The molecular weight excluding hydrogens is 635 g/mol. The Balaban J connectivity index is 1.60. The second-order valence-corrected chi connectivity index (χ2v) is 21.7. The molecule has 3 nitrogen and oxygen atoms in total. The maximum Gasteiger partial charge on any atom is 0.261 e. The normalized spacial score (nSPS) is 13.4. The van der Waals surface area contributed by atoms with Gasteiger partial charge in [-0.15, -0.1) is 0 Å². The van der Waals surface area contributed by atoms with Crippen molar-refractivity contribution in [1.82, 2.24) is 5.32 Å². The van der Waals surface area contributed by atoms with E-state index in [1.54, 1.807) is 12.1 Å². The molecule has 0 aliphatic rings. The summed E-state index contributed by atoms with van der Waals surface area (Å²) in [6.45, 7) is 11.5. The van der Waals surface area contributed by atoms with Crippen LogP contribution in [-0.2, 0) is 4.43 Å². The first-order valence-corrected chi connectivity index (χ1v) is 20.9. The number of rotatable bonds is 11. The van der Waals surface area contributed by atoms with Gasteiger partial charge in [-0.25, -0.2) is 4.39 Å². The van der Waals surface area contributed by atoms with Gasteiger partial charge in [-0.2, -0.15) is 0 Å². The first-order chi connectivity index (χ1) is 22.5. The third-order valence-electron chi connectivity index (χ3n) is 8.98. The molecule has 0 saturated heterocycles. The van der Waals surface area contributed by atoms with Gasteiger partial charge in [0.25, 0.3) is 8.32 Å². The zero-order valence-corrected chi connectivity index (χ0v) is 30.6. The highest BCUT2D eigenvalue weighted by atomic mass is 32.1. The Kier molecular flexibility index (Phi) is 11.1. The van der Waals surface area contributed by atoms with Crippen LogP contribution in [0.5, 0.6) is 0 Å². The Bertz CT molecular complexity index is 1640. The van der Waals surface area contributed by atoms with Crippen LogP contribution in [0.2, 0.25) is 5.04 Å². The van der Waals surface area contributed by atoms with Gasteiger partial charge >= 0.3 is 0 Å². The Morgan fingerprint density at radius 2 is 1.15 bits per heavy atom. The largest absolute Gasteiger partial charge is 0.403 e. The van der Waals surface area contributed by atoms with Gasteiger partial charge in [0.15, 0.2) is 5.11 Å². The van der Waals surface area contributed by atoms with Crippen molar-refractivity contribution < 1.29 is 8.82 Å². The van der Waals surface area contributed by atoms with Gasteiger partial charge < -0.3 is 15.1 Å². The number of nitrogens with one attached hydrogen (secondary N) is 2. The lowest BCUT2D eigenvalue weighted by Crippen LogP contribution is -2.69. The van der Waals surface area contributed by atoms with Crippen molar-refractivity contribution in [3.05, 3.63) is 151 Å². The van der Waals surface area contributed by atoms with E-state index in [0.29, 0.717) is 5.11 Å². The lowest BCUT2D eigenvalue weighted by Gasteiger charge is -2.46. The first-order valence-electron chi connectivity index (χ1n) is 16.1. The third-order valence-corrected chi connectivity index (χ3v) is 18.3. The molecule has 47 heavy (non-hydrogen) atoms. The molecule has 5 aromatic carbocycles. The number of benzene rings is 5. The monoisotopic (exact) mass is 679 g/mol. The molecule has 0 heterocycles. The molecule has 0 aromatic heterocycles. The summed E-state index contributed by atoms with van der Waals surface area (Å²) < 4.78 is 21.4. The molecule has 0 amide bonds. The summed E-state index contributed by atoms with van der Waals surface area (Å²) in [5.74, 6) is -0.286. The summed E-state index contributed by atoms with van der Waals surface area (Å²) >= 11 is 5.94. The van der Waals surface area contributed by atoms with E-state index in [1.165, 1.54) is 33.1 Å². The molecule has 2 atom stereocenters. The van der Waals surface area contributed by atoms with Crippen molar-refractivity contribution in [2.75, 3.05) is 18.1 Å². The number of anilines is 1. The molecule has 5 rings (SSSR count). The molecule has 0 fully saturated rings. The zero-order valence-electron chi connectivity index (χ0n) is 27.9. The van der Waals surface area contributed by atoms with E-state index in [2.05, 4.69) is 166 Å². The molecule has 0 spiro atoms. The van der Waals surface area contributed by atoms with Crippen molar-refractivity contribution in [1.29, 1.82) is 0 Å². The first kappa shape index (κ1) is 34.7. The smallest absolute Gasteiger partial charge is 0.261 e. The lowest BCUT2D eigenvalue weighted by atomic mass is 10.2. The van der Waals surface area contributed by atoms with E-state index in [4.69, 9.17) is 16.6 Å². The summed E-state index contributed by atoms with van der Waals surface area (Å²) in [7, 11) is -4.82. The van der Waals surface area contributed by atoms with Gasteiger partial charge in [-0.05, 0) is 83.1 Å². The van der Waals surface area contributed by atoms with Crippen LogP contribution in [-0.4, -0.2) is 38.4 Å². The second kappa shape index (κ2) is 15.0. The van der Waals surface area contributed by atoms with E-state index in [9.17, 15) is 4.39 Å². The molecule has 7 heteroatoms. The van der Waals surface area contributed by atoms with Gasteiger partial charge in [-0.3, -0.25) is 0 Å². The van der Waals surface area contributed by atoms with Crippen LogP contribution >= 0.6 is 19.5 Å². The van der Waals surface area contributed by atoms with E-state index >= 15 is 0 Å². The fraction of sp³-hybridized carbons (Fsp3) is 0.225. The maximum atomic E-state index is 13.7. The molecular formula is C40H45FN2OPSSi+. The van der Waals surface area contributed by atoms with E-state index < -0.39 is 15.6 Å².